The highest BCUT2D eigenvalue weighted by Crippen LogP contribution is 2.70. The van der Waals surface area contributed by atoms with Gasteiger partial charge in [0.15, 0.2) is 0 Å². The van der Waals surface area contributed by atoms with Gasteiger partial charge in [0.05, 0.1) is 6.04 Å². The summed E-state index contributed by atoms with van der Waals surface area (Å²) in [6, 6.07) is -0.108. The minimum atomic E-state index is -0.288. The number of halogens is 1. The summed E-state index contributed by atoms with van der Waals surface area (Å²) in [5, 5.41) is 0.529. The third kappa shape index (κ3) is 0.655. The predicted molar refractivity (Wildman–Crippen MR) is 49.9 cm³/mol. The molecule has 0 radical (unpaired) electrons. The normalized spacial score (nSPS) is 48.8. The molecule has 2 nitrogen and oxygen atoms in total. The quantitative estimate of drug-likeness (QED) is 0.546. The van der Waals surface area contributed by atoms with Crippen LogP contribution in [-0.4, -0.2) is 17.1 Å². The number of hydrogen-bond donors (Lipinski definition) is 0. The van der Waals surface area contributed by atoms with Gasteiger partial charge in [0.2, 0.25) is 0 Å². The lowest BCUT2D eigenvalue weighted by Gasteiger charge is -2.36. The fourth-order valence-corrected chi connectivity index (χ4v) is 4.29. The predicted octanol–water partition coefficient (Wildman–Crippen LogP) is 2.30. The molecule has 1 spiro atoms. The molecule has 3 fully saturated rings. The Morgan fingerprint density at radius 2 is 2.21 bits per heavy atom. The number of fused-ring (bicyclic) bond motifs is 1. The highest BCUT2D eigenvalue weighted by Gasteiger charge is 2.70. The Morgan fingerprint density at radius 1 is 1.50 bits per heavy atom. The van der Waals surface area contributed by atoms with E-state index in [4.69, 9.17) is 0 Å². The lowest BCUT2D eigenvalue weighted by Crippen LogP contribution is -2.37. The van der Waals surface area contributed by atoms with Gasteiger partial charge in [-0.2, -0.15) is 5.12 Å². The Labute approximate surface area is 83.4 Å². The summed E-state index contributed by atoms with van der Waals surface area (Å²) in [6.07, 6.45) is 3.55. The van der Waals surface area contributed by atoms with Crippen LogP contribution in [0.4, 0.5) is 4.48 Å². The van der Waals surface area contributed by atoms with Crippen LogP contribution in [0.3, 0.4) is 0 Å². The Balaban J connectivity index is 2.10. The van der Waals surface area contributed by atoms with Crippen molar-refractivity contribution >= 4 is 5.91 Å². The molecular formula is C11H16FNO. The molecular weight excluding hydrogens is 181 g/mol. The summed E-state index contributed by atoms with van der Waals surface area (Å²) >= 11 is 0. The maximum absolute atomic E-state index is 13.6. The Kier molecular flexibility index (Phi) is 1.33. The topological polar surface area (TPSA) is 20.3 Å². The van der Waals surface area contributed by atoms with Gasteiger partial charge in [0.25, 0.3) is 5.91 Å². The molecule has 0 aromatic rings. The number of nitrogens with zero attached hydrogens (tertiary/aromatic N) is 1. The third-order valence-electron chi connectivity index (χ3n) is 5.37. The SMILES string of the molecule is CC1(C)C2CCC13CC(=O)N(F)C3C2. The van der Waals surface area contributed by atoms with Crippen molar-refractivity contribution in [1.82, 2.24) is 5.12 Å². The van der Waals surface area contributed by atoms with Crippen LogP contribution in [0.15, 0.2) is 0 Å². The largest absolute Gasteiger partial charge is 0.272 e. The van der Waals surface area contributed by atoms with Gasteiger partial charge in [-0.1, -0.05) is 18.3 Å². The maximum atomic E-state index is 13.6. The maximum Gasteiger partial charge on any atom is 0.251 e. The van der Waals surface area contributed by atoms with Crippen LogP contribution < -0.4 is 0 Å². The van der Waals surface area contributed by atoms with Gasteiger partial charge in [0.1, 0.15) is 0 Å². The lowest BCUT2D eigenvalue weighted by atomic mass is 9.67. The van der Waals surface area contributed by atoms with Gasteiger partial charge in [-0.3, -0.25) is 4.79 Å². The van der Waals surface area contributed by atoms with Crippen LogP contribution in [0.2, 0.25) is 0 Å². The second-order valence-electron chi connectivity index (χ2n) is 5.75. The van der Waals surface area contributed by atoms with E-state index in [2.05, 4.69) is 13.8 Å². The van der Waals surface area contributed by atoms with Crippen molar-refractivity contribution in [2.45, 2.75) is 45.6 Å². The van der Waals surface area contributed by atoms with E-state index in [-0.39, 0.29) is 22.8 Å². The van der Waals surface area contributed by atoms with Crippen LogP contribution in [-0.2, 0) is 4.79 Å². The molecule has 2 bridgehead atoms. The van der Waals surface area contributed by atoms with Crippen LogP contribution in [0.25, 0.3) is 0 Å². The molecule has 14 heavy (non-hydrogen) atoms. The van der Waals surface area contributed by atoms with Crippen molar-refractivity contribution in [2.24, 2.45) is 16.7 Å². The molecule has 78 valence electrons. The number of hydrogen-bond acceptors (Lipinski definition) is 1. The van der Waals surface area contributed by atoms with Gasteiger partial charge in [-0.25, -0.2) is 0 Å². The Hall–Kier alpha value is -0.600. The molecule has 3 atom stereocenters. The van der Waals surface area contributed by atoms with Crippen molar-refractivity contribution in [3.63, 3.8) is 0 Å². The zero-order valence-corrected chi connectivity index (χ0v) is 8.72. The minimum absolute atomic E-state index is 0.0382. The highest BCUT2D eigenvalue weighted by molar-refractivity contribution is 5.79. The van der Waals surface area contributed by atoms with Crippen molar-refractivity contribution in [3.8, 4) is 0 Å². The van der Waals surface area contributed by atoms with Gasteiger partial charge in [-0.05, 0) is 30.6 Å². The average molecular weight is 197 g/mol. The summed E-state index contributed by atoms with van der Waals surface area (Å²) in [5.74, 6) is 0.335. The van der Waals surface area contributed by atoms with Crippen molar-refractivity contribution < 1.29 is 9.28 Å². The fraction of sp³-hybridized carbons (Fsp3) is 0.909. The van der Waals surface area contributed by atoms with E-state index in [9.17, 15) is 9.28 Å². The molecule has 1 saturated heterocycles. The zero-order chi connectivity index (χ0) is 10.1. The summed E-state index contributed by atoms with van der Waals surface area (Å²) in [4.78, 5) is 11.4. The first-order valence-electron chi connectivity index (χ1n) is 5.47. The number of rotatable bonds is 0. The average Bonchev–Trinajstić information content (AvgIpc) is 2.60. The monoisotopic (exact) mass is 197 g/mol. The first-order chi connectivity index (χ1) is 6.49. The van der Waals surface area contributed by atoms with Gasteiger partial charge in [-0.15, -0.1) is 0 Å². The van der Waals surface area contributed by atoms with Crippen LogP contribution in [0, 0.1) is 16.7 Å². The smallest absolute Gasteiger partial charge is 0.251 e. The van der Waals surface area contributed by atoms with Gasteiger partial charge >= 0.3 is 0 Å². The van der Waals surface area contributed by atoms with E-state index in [1.165, 1.54) is 6.42 Å². The number of carbonyl (C=O) groups excluding carboxylic acids is 1. The van der Waals surface area contributed by atoms with E-state index in [0.29, 0.717) is 17.5 Å². The standard InChI is InChI=1S/C11H16FNO/c1-10(2)7-3-4-11(10)6-9(14)13(12)8(11)5-7/h7-8H,3-6H2,1-2H3. The Morgan fingerprint density at radius 3 is 2.79 bits per heavy atom. The summed E-state index contributed by atoms with van der Waals surface area (Å²) in [5.41, 5.74) is 0.123. The molecule has 0 aromatic carbocycles. The van der Waals surface area contributed by atoms with Crippen LogP contribution in [0.1, 0.15) is 39.5 Å². The molecule has 0 N–H and O–H groups in total. The number of carbonyl (C=O) groups is 1. The molecule has 3 aliphatic rings. The molecule has 1 aliphatic heterocycles. The fourth-order valence-electron chi connectivity index (χ4n) is 4.29. The van der Waals surface area contributed by atoms with Gasteiger partial charge < -0.3 is 0 Å². The minimum Gasteiger partial charge on any atom is -0.272 e. The van der Waals surface area contributed by atoms with Crippen LogP contribution >= 0.6 is 0 Å². The number of amides is 1. The molecule has 2 aliphatic carbocycles. The lowest BCUT2D eigenvalue weighted by molar-refractivity contribution is -0.145. The molecule has 2 saturated carbocycles. The van der Waals surface area contributed by atoms with Crippen molar-refractivity contribution in [2.75, 3.05) is 0 Å². The Bertz CT molecular complexity index is 314. The first-order valence-corrected chi connectivity index (χ1v) is 5.47. The molecule has 1 heterocycles. The molecule has 0 aromatic heterocycles. The molecule has 1 amide bonds. The third-order valence-corrected chi connectivity index (χ3v) is 5.37. The van der Waals surface area contributed by atoms with Crippen molar-refractivity contribution in [3.05, 3.63) is 0 Å². The van der Waals surface area contributed by atoms with E-state index < -0.39 is 0 Å². The van der Waals surface area contributed by atoms with E-state index >= 15 is 0 Å². The second kappa shape index (κ2) is 2.15. The van der Waals surface area contributed by atoms with Crippen molar-refractivity contribution in [1.29, 1.82) is 0 Å². The van der Waals surface area contributed by atoms with E-state index in [1.54, 1.807) is 0 Å². The highest BCUT2D eigenvalue weighted by atomic mass is 19.2. The molecule has 3 rings (SSSR count). The van der Waals surface area contributed by atoms with E-state index in [1.807, 2.05) is 0 Å². The molecule has 3 heteroatoms. The first kappa shape index (κ1) is 8.69. The van der Waals surface area contributed by atoms with E-state index in [0.717, 1.165) is 12.8 Å². The van der Waals surface area contributed by atoms with Gasteiger partial charge in [0, 0.05) is 11.8 Å². The van der Waals surface area contributed by atoms with Crippen LogP contribution in [0.5, 0.6) is 0 Å². The zero-order valence-electron chi connectivity index (χ0n) is 8.72. The summed E-state index contributed by atoms with van der Waals surface area (Å²) in [7, 11) is 0. The summed E-state index contributed by atoms with van der Waals surface area (Å²) < 4.78 is 13.6. The molecule has 3 unspecified atom stereocenters. The second-order valence-corrected chi connectivity index (χ2v) is 5.75. The summed E-state index contributed by atoms with van der Waals surface area (Å²) in [6.45, 7) is 4.44.